The van der Waals surface area contributed by atoms with Crippen LogP contribution < -0.4 is 0 Å². The molecule has 0 amide bonds. The average Bonchev–Trinajstić information content (AvgIpc) is 2.99. The molecule has 1 aliphatic rings. The van der Waals surface area contributed by atoms with Gasteiger partial charge in [0.1, 0.15) is 4.90 Å². The van der Waals surface area contributed by atoms with E-state index in [0.717, 1.165) is 21.4 Å². The molecule has 156 valence electrons. The van der Waals surface area contributed by atoms with Gasteiger partial charge in [0, 0.05) is 34.8 Å². The predicted octanol–water partition coefficient (Wildman–Crippen LogP) is 5.14. The van der Waals surface area contributed by atoms with Gasteiger partial charge in [-0.1, -0.05) is 66.7 Å². The average molecular weight is 447 g/mol. The van der Waals surface area contributed by atoms with Crippen LogP contribution in [0.2, 0.25) is 0 Å². The maximum absolute atomic E-state index is 14.0. The topological polar surface area (TPSA) is 50.3 Å². The minimum absolute atomic E-state index is 0.163. The normalized spacial score (nSPS) is 17.2. The zero-order chi connectivity index (χ0) is 21.3. The molecule has 1 aromatic heterocycles. The first-order chi connectivity index (χ1) is 15.1. The number of rotatable bonds is 4. The van der Waals surface area contributed by atoms with Crippen molar-refractivity contribution >= 4 is 32.7 Å². The zero-order valence-electron chi connectivity index (χ0n) is 16.9. The number of para-hydroxylation sites is 1. The van der Waals surface area contributed by atoms with E-state index in [4.69, 9.17) is 0 Å². The zero-order valence-corrected chi connectivity index (χ0v) is 18.5. The first kappa shape index (κ1) is 20.2. The van der Waals surface area contributed by atoms with Crippen LogP contribution in [0.15, 0.2) is 101 Å². The molecule has 1 atom stereocenters. The quantitative estimate of drug-likeness (QED) is 0.435. The molecule has 1 aliphatic heterocycles. The molecule has 4 nitrogen and oxygen atoms in total. The van der Waals surface area contributed by atoms with E-state index in [0.29, 0.717) is 24.2 Å². The van der Waals surface area contributed by atoms with Gasteiger partial charge in [-0.25, -0.2) is 8.42 Å². The van der Waals surface area contributed by atoms with Gasteiger partial charge in [0.05, 0.1) is 5.52 Å². The second-order valence-electron chi connectivity index (χ2n) is 7.64. The Morgan fingerprint density at radius 2 is 1.68 bits per heavy atom. The Morgan fingerprint density at radius 1 is 0.903 bits per heavy atom. The molecule has 6 heteroatoms. The summed E-state index contributed by atoms with van der Waals surface area (Å²) in [5.41, 5.74) is 2.70. The fourth-order valence-electron chi connectivity index (χ4n) is 4.08. The molecule has 0 radical (unpaired) electrons. The number of hydrogen-bond acceptors (Lipinski definition) is 4. The summed E-state index contributed by atoms with van der Waals surface area (Å²) < 4.78 is 29.8. The number of hydrogen-bond donors (Lipinski definition) is 0. The number of sulfonamides is 1. The minimum Gasteiger partial charge on any atom is -0.255 e. The summed E-state index contributed by atoms with van der Waals surface area (Å²) in [6.07, 6.45) is 2.32. The summed E-state index contributed by atoms with van der Waals surface area (Å²) in [6.45, 7) is 0.353. The molecule has 0 bridgehead atoms. The first-order valence-corrected chi connectivity index (χ1v) is 12.7. The van der Waals surface area contributed by atoms with Gasteiger partial charge < -0.3 is 0 Å². The number of thioether (sulfide) groups is 1. The molecule has 4 aromatic rings. The van der Waals surface area contributed by atoms with Crippen molar-refractivity contribution in [3.05, 3.63) is 102 Å². The molecule has 0 spiro atoms. The Bertz CT molecular complexity index is 1320. The van der Waals surface area contributed by atoms with Crippen LogP contribution in [0.4, 0.5) is 0 Å². The highest BCUT2D eigenvalue weighted by atomic mass is 32.2. The molecule has 1 unspecified atom stereocenters. The molecule has 0 fully saturated rings. The highest BCUT2D eigenvalue weighted by Gasteiger charge is 2.35. The van der Waals surface area contributed by atoms with Crippen LogP contribution in [-0.4, -0.2) is 29.5 Å². The Kier molecular flexibility index (Phi) is 5.52. The molecule has 0 N–H and O–H groups in total. The van der Waals surface area contributed by atoms with Gasteiger partial charge in [0.25, 0.3) is 0 Å². The lowest BCUT2D eigenvalue weighted by atomic mass is 10.1. The summed E-state index contributed by atoms with van der Waals surface area (Å²) in [7, 11) is -3.77. The first-order valence-electron chi connectivity index (χ1n) is 10.2. The molecule has 0 saturated carbocycles. The smallest absolute Gasteiger partial charge is 0.245 e. The second kappa shape index (κ2) is 8.46. The highest BCUT2D eigenvalue weighted by molar-refractivity contribution is 7.99. The second-order valence-corrected chi connectivity index (χ2v) is 10.6. The molecule has 3 aromatic carbocycles. The van der Waals surface area contributed by atoms with E-state index in [-0.39, 0.29) is 10.9 Å². The molecule has 5 rings (SSSR count). The number of nitrogens with zero attached hydrogens (tertiary/aromatic N) is 2. The SMILES string of the molecule is O=S(=O)(c1cccc2cccnc12)N1Cc2ccccc2SCC1Cc1ccccc1. The Hall–Kier alpha value is -2.67. The summed E-state index contributed by atoms with van der Waals surface area (Å²) in [5.74, 6) is 0.698. The molecule has 31 heavy (non-hydrogen) atoms. The minimum atomic E-state index is -3.77. The third-order valence-electron chi connectivity index (χ3n) is 5.63. The van der Waals surface area contributed by atoms with Crippen molar-refractivity contribution in [3.63, 3.8) is 0 Å². The standard InChI is InChI=1S/C25H22N2O2S2/c28-31(29,24-14-6-11-20-12-7-15-26-25(20)24)27-17-21-10-4-5-13-23(21)30-18-22(27)16-19-8-2-1-3-9-19/h1-15,22H,16-18H2. The summed E-state index contributed by atoms with van der Waals surface area (Å²) in [4.78, 5) is 5.83. The monoisotopic (exact) mass is 446 g/mol. The lowest BCUT2D eigenvalue weighted by Gasteiger charge is -2.29. The number of fused-ring (bicyclic) bond motifs is 2. The Balaban J connectivity index is 1.62. The molecular weight excluding hydrogens is 424 g/mol. The van der Waals surface area contributed by atoms with Crippen molar-refractivity contribution in [2.75, 3.05) is 5.75 Å². The van der Waals surface area contributed by atoms with Crippen molar-refractivity contribution < 1.29 is 8.42 Å². The number of aromatic nitrogens is 1. The van der Waals surface area contributed by atoms with Gasteiger partial charge in [0.15, 0.2) is 0 Å². The van der Waals surface area contributed by atoms with E-state index in [1.165, 1.54) is 0 Å². The van der Waals surface area contributed by atoms with Gasteiger partial charge in [-0.3, -0.25) is 4.98 Å². The van der Waals surface area contributed by atoms with Crippen molar-refractivity contribution in [1.82, 2.24) is 9.29 Å². The lowest BCUT2D eigenvalue weighted by molar-refractivity contribution is 0.334. The van der Waals surface area contributed by atoms with Crippen molar-refractivity contribution in [2.45, 2.75) is 28.8 Å². The van der Waals surface area contributed by atoms with Gasteiger partial charge in [-0.05, 0) is 35.7 Å². The summed E-state index contributed by atoms with van der Waals surface area (Å²) in [5, 5.41) is 0.827. The molecule has 2 heterocycles. The summed E-state index contributed by atoms with van der Waals surface area (Å²) >= 11 is 1.73. The molecule has 0 saturated heterocycles. The van der Waals surface area contributed by atoms with Crippen LogP contribution in [-0.2, 0) is 23.0 Å². The fourth-order valence-corrected chi connectivity index (χ4v) is 7.11. The van der Waals surface area contributed by atoms with Crippen LogP contribution in [0.25, 0.3) is 10.9 Å². The summed E-state index contributed by atoms with van der Waals surface area (Å²) in [6, 6.07) is 27.1. The van der Waals surface area contributed by atoms with Crippen LogP contribution >= 0.6 is 11.8 Å². The fraction of sp³-hybridized carbons (Fsp3) is 0.160. The van der Waals surface area contributed by atoms with E-state index in [1.807, 2.05) is 54.6 Å². The van der Waals surface area contributed by atoms with Crippen molar-refractivity contribution in [1.29, 1.82) is 0 Å². The van der Waals surface area contributed by atoms with E-state index >= 15 is 0 Å². The maximum atomic E-state index is 14.0. The van der Waals surface area contributed by atoms with Crippen molar-refractivity contribution in [2.24, 2.45) is 0 Å². The number of benzene rings is 3. The van der Waals surface area contributed by atoms with Gasteiger partial charge in [-0.2, -0.15) is 4.31 Å². The maximum Gasteiger partial charge on any atom is 0.245 e. The van der Waals surface area contributed by atoms with Crippen LogP contribution in [0.5, 0.6) is 0 Å². The molecular formula is C25H22N2O2S2. The van der Waals surface area contributed by atoms with E-state index in [2.05, 4.69) is 23.2 Å². The van der Waals surface area contributed by atoms with Crippen molar-refractivity contribution in [3.8, 4) is 0 Å². The molecule has 0 aliphatic carbocycles. The number of pyridine rings is 1. The Morgan fingerprint density at radius 3 is 2.55 bits per heavy atom. The third kappa shape index (κ3) is 3.99. The third-order valence-corrected chi connectivity index (χ3v) is 8.82. The van der Waals surface area contributed by atoms with E-state index in [1.54, 1.807) is 34.4 Å². The van der Waals surface area contributed by atoms with Gasteiger partial charge in [0.2, 0.25) is 10.0 Å². The predicted molar refractivity (Wildman–Crippen MR) is 126 cm³/mol. The Labute approximate surface area is 187 Å². The van der Waals surface area contributed by atoms with Gasteiger partial charge >= 0.3 is 0 Å². The van der Waals surface area contributed by atoms with Crippen LogP contribution in [0.1, 0.15) is 11.1 Å². The van der Waals surface area contributed by atoms with E-state index in [9.17, 15) is 8.42 Å². The van der Waals surface area contributed by atoms with Crippen LogP contribution in [0.3, 0.4) is 0 Å². The van der Waals surface area contributed by atoms with E-state index < -0.39 is 10.0 Å². The highest BCUT2D eigenvalue weighted by Crippen LogP contribution is 2.35. The van der Waals surface area contributed by atoms with Crippen LogP contribution in [0, 0.1) is 0 Å². The van der Waals surface area contributed by atoms with Gasteiger partial charge in [-0.15, -0.1) is 11.8 Å². The largest absolute Gasteiger partial charge is 0.255 e. The lowest BCUT2D eigenvalue weighted by Crippen LogP contribution is -2.41.